The quantitative estimate of drug-likeness (QED) is 0.864. The fourth-order valence-electron chi connectivity index (χ4n) is 3.28. The molecule has 1 aromatic rings. The summed E-state index contributed by atoms with van der Waals surface area (Å²) in [5.74, 6) is 2.58. The average Bonchev–Trinajstić information content (AvgIpc) is 2.87. The van der Waals surface area contributed by atoms with Gasteiger partial charge in [0.25, 0.3) is 0 Å². The highest BCUT2D eigenvalue weighted by atomic mass is 15.2. The van der Waals surface area contributed by atoms with Crippen molar-refractivity contribution in [2.45, 2.75) is 60.0 Å². The molecule has 0 amide bonds. The third-order valence-electron chi connectivity index (χ3n) is 4.33. The van der Waals surface area contributed by atoms with E-state index in [9.17, 15) is 0 Å². The van der Waals surface area contributed by atoms with E-state index in [1.54, 1.807) is 0 Å². The first-order valence-corrected chi connectivity index (χ1v) is 8.42. The third-order valence-corrected chi connectivity index (χ3v) is 4.33. The maximum atomic E-state index is 4.78. The summed E-state index contributed by atoms with van der Waals surface area (Å²) in [6, 6.07) is 2.95. The molecule has 0 radical (unpaired) electrons. The SMILES string of the molecule is Cc1cc(CNCC(C)C)cnc1N1CCCC1C(C)C. The molecule has 1 aliphatic heterocycles. The molecule has 0 saturated carbocycles. The fourth-order valence-corrected chi connectivity index (χ4v) is 3.28. The summed E-state index contributed by atoms with van der Waals surface area (Å²) < 4.78 is 0. The lowest BCUT2D eigenvalue weighted by atomic mass is 10.0. The summed E-state index contributed by atoms with van der Waals surface area (Å²) in [5, 5.41) is 3.49. The highest BCUT2D eigenvalue weighted by Crippen LogP contribution is 2.30. The number of pyridine rings is 1. The molecule has 1 aliphatic rings. The molecule has 1 atom stereocenters. The molecule has 118 valence electrons. The van der Waals surface area contributed by atoms with Gasteiger partial charge in [-0.15, -0.1) is 0 Å². The van der Waals surface area contributed by atoms with Crippen LogP contribution in [0.3, 0.4) is 0 Å². The molecule has 3 heteroatoms. The number of nitrogens with one attached hydrogen (secondary N) is 1. The Bertz CT molecular complexity index is 454. The van der Waals surface area contributed by atoms with E-state index in [0.29, 0.717) is 17.9 Å². The number of aromatic nitrogens is 1. The van der Waals surface area contributed by atoms with Gasteiger partial charge in [-0.05, 0) is 55.3 Å². The average molecular weight is 289 g/mol. The Kier molecular flexibility index (Phi) is 5.63. The van der Waals surface area contributed by atoms with Crippen LogP contribution < -0.4 is 10.2 Å². The van der Waals surface area contributed by atoms with E-state index in [1.165, 1.54) is 29.8 Å². The first-order valence-electron chi connectivity index (χ1n) is 8.42. The molecule has 1 fully saturated rings. The van der Waals surface area contributed by atoms with Crippen LogP contribution in [0, 0.1) is 18.8 Å². The molecule has 0 aliphatic carbocycles. The van der Waals surface area contributed by atoms with Crippen molar-refractivity contribution in [3.63, 3.8) is 0 Å². The lowest BCUT2D eigenvalue weighted by Gasteiger charge is -2.30. The summed E-state index contributed by atoms with van der Waals surface area (Å²) in [4.78, 5) is 7.30. The van der Waals surface area contributed by atoms with Crippen molar-refractivity contribution in [3.8, 4) is 0 Å². The summed E-state index contributed by atoms with van der Waals surface area (Å²) >= 11 is 0. The van der Waals surface area contributed by atoms with E-state index in [-0.39, 0.29) is 0 Å². The number of aryl methyl sites for hydroxylation is 1. The zero-order chi connectivity index (χ0) is 15.4. The van der Waals surface area contributed by atoms with Crippen molar-refractivity contribution in [1.29, 1.82) is 0 Å². The van der Waals surface area contributed by atoms with Gasteiger partial charge in [0, 0.05) is 25.3 Å². The van der Waals surface area contributed by atoms with Crippen molar-refractivity contribution in [1.82, 2.24) is 10.3 Å². The van der Waals surface area contributed by atoms with Gasteiger partial charge >= 0.3 is 0 Å². The first-order chi connectivity index (χ1) is 9.99. The standard InChI is InChI=1S/C18H31N3/c1-13(2)10-19-11-16-9-15(5)18(20-12-16)21-8-6-7-17(21)14(3)4/h9,12-14,17,19H,6-8,10-11H2,1-5H3. The zero-order valence-electron chi connectivity index (χ0n) is 14.3. The molecule has 1 N–H and O–H groups in total. The van der Waals surface area contributed by atoms with Crippen molar-refractivity contribution in [2.24, 2.45) is 11.8 Å². The topological polar surface area (TPSA) is 28.2 Å². The van der Waals surface area contributed by atoms with Gasteiger partial charge in [0.05, 0.1) is 0 Å². The Morgan fingerprint density at radius 1 is 1.33 bits per heavy atom. The molecule has 2 heterocycles. The number of hydrogen-bond donors (Lipinski definition) is 1. The van der Waals surface area contributed by atoms with Crippen LogP contribution in [0.5, 0.6) is 0 Å². The molecule has 0 aromatic carbocycles. The van der Waals surface area contributed by atoms with E-state index in [0.717, 1.165) is 19.6 Å². The van der Waals surface area contributed by atoms with E-state index >= 15 is 0 Å². The number of nitrogens with zero attached hydrogens (tertiary/aromatic N) is 2. The second-order valence-electron chi connectivity index (χ2n) is 7.16. The maximum Gasteiger partial charge on any atom is 0.131 e. The monoisotopic (exact) mass is 289 g/mol. The Morgan fingerprint density at radius 3 is 2.71 bits per heavy atom. The lowest BCUT2D eigenvalue weighted by molar-refractivity contribution is 0.489. The molecule has 1 saturated heterocycles. The summed E-state index contributed by atoms with van der Waals surface area (Å²) in [6.07, 6.45) is 4.64. The molecule has 0 spiro atoms. The van der Waals surface area contributed by atoms with Gasteiger partial charge in [0.15, 0.2) is 0 Å². The molecule has 3 nitrogen and oxygen atoms in total. The third kappa shape index (κ3) is 4.19. The fraction of sp³-hybridized carbons (Fsp3) is 0.722. The minimum absolute atomic E-state index is 0.654. The maximum absolute atomic E-state index is 4.78. The Morgan fingerprint density at radius 2 is 2.10 bits per heavy atom. The predicted octanol–water partition coefficient (Wildman–Crippen LogP) is 3.76. The smallest absolute Gasteiger partial charge is 0.131 e. The van der Waals surface area contributed by atoms with Crippen molar-refractivity contribution in [3.05, 3.63) is 23.4 Å². The van der Waals surface area contributed by atoms with Gasteiger partial charge in [-0.25, -0.2) is 4.98 Å². The van der Waals surface area contributed by atoms with Crippen LogP contribution in [0.1, 0.15) is 51.7 Å². The summed E-state index contributed by atoms with van der Waals surface area (Å²) in [5.41, 5.74) is 2.60. The van der Waals surface area contributed by atoms with E-state index < -0.39 is 0 Å². The molecular formula is C18H31N3. The highest BCUT2D eigenvalue weighted by molar-refractivity contribution is 5.49. The van der Waals surface area contributed by atoms with Crippen LogP contribution in [0.15, 0.2) is 12.3 Å². The van der Waals surface area contributed by atoms with Gasteiger partial charge in [-0.3, -0.25) is 0 Å². The van der Waals surface area contributed by atoms with E-state index in [1.807, 2.05) is 6.20 Å². The van der Waals surface area contributed by atoms with Gasteiger partial charge in [0.2, 0.25) is 0 Å². The normalized spacial score (nSPS) is 19.0. The van der Waals surface area contributed by atoms with Crippen LogP contribution in [0.2, 0.25) is 0 Å². The molecule has 1 unspecified atom stereocenters. The van der Waals surface area contributed by atoms with Crippen LogP contribution >= 0.6 is 0 Å². The molecule has 2 rings (SSSR count). The van der Waals surface area contributed by atoms with Gasteiger partial charge in [-0.1, -0.05) is 27.7 Å². The van der Waals surface area contributed by atoms with E-state index in [4.69, 9.17) is 4.98 Å². The summed E-state index contributed by atoms with van der Waals surface area (Å²) in [7, 11) is 0. The first kappa shape index (κ1) is 16.3. The number of anilines is 1. The minimum Gasteiger partial charge on any atom is -0.353 e. The van der Waals surface area contributed by atoms with E-state index in [2.05, 4.69) is 50.9 Å². The lowest BCUT2D eigenvalue weighted by Crippen LogP contribution is -2.34. The molecule has 1 aromatic heterocycles. The second-order valence-corrected chi connectivity index (χ2v) is 7.16. The Balaban J connectivity index is 2.05. The second kappa shape index (κ2) is 7.26. The highest BCUT2D eigenvalue weighted by Gasteiger charge is 2.28. The van der Waals surface area contributed by atoms with Crippen molar-refractivity contribution >= 4 is 5.82 Å². The van der Waals surface area contributed by atoms with Crippen molar-refractivity contribution < 1.29 is 0 Å². The van der Waals surface area contributed by atoms with Crippen LogP contribution in [-0.2, 0) is 6.54 Å². The van der Waals surface area contributed by atoms with Gasteiger partial charge in [-0.2, -0.15) is 0 Å². The van der Waals surface area contributed by atoms with Crippen LogP contribution in [-0.4, -0.2) is 24.1 Å². The van der Waals surface area contributed by atoms with Gasteiger partial charge in [0.1, 0.15) is 5.82 Å². The zero-order valence-corrected chi connectivity index (χ0v) is 14.3. The Labute approximate surface area is 130 Å². The molecule has 21 heavy (non-hydrogen) atoms. The Hall–Kier alpha value is -1.09. The van der Waals surface area contributed by atoms with Crippen molar-refractivity contribution in [2.75, 3.05) is 18.0 Å². The minimum atomic E-state index is 0.654. The summed E-state index contributed by atoms with van der Waals surface area (Å²) in [6.45, 7) is 14.4. The number of hydrogen-bond acceptors (Lipinski definition) is 3. The van der Waals surface area contributed by atoms with Gasteiger partial charge < -0.3 is 10.2 Å². The number of rotatable bonds is 6. The van der Waals surface area contributed by atoms with Crippen LogP contribution in [0.4, 0.5) is 5.82 Å². The predicted molar refractivity (Wildman–Crippen MR) is 90.7 cm³/mol. The van der Waals surface area contributed by atoms with Crippen LogP contribution in [0.25, 0.3) is 0 Å². The largest absolute Gasteiger partial charge is 0.353 e. The molecular weight excluding hydrogens is 258 g/mol. The molecule has 0 bridgehead atoms.